The number of hydrogen-bond donors (Lipinski definition) is 1. The quantitative estimate of drug-likeness (QED) is 0.571. The zero-order chi connectivity index (χ0) is 20.5. The molecule has 0 bridgehead atoms. The number of allylic oxidation sites excluding steroid dienone is 3. The minimum atomic E-state index is -1.30. The summed E-state index contributed by atoms with van der Waals surface area (Å²) in [6.45, 7) is 5.96. The van der Waals surface area contributed by atoms with Crippen molar-refractivity contribution in [3.63, 3.8) is 0 Å². The molecule has 2 aliphatic heterocycles. The maximum absolute atomic E-state index is 12.8. The molecule has 4 atom stereocenters. The lowest BCUT2D eigenvalue weighted by atomic mass is 9.66. The van der Waals surface area contributed by atoms with Crippen LogP contribution in [0.2, 0.25) is 0 Å². The smallest absolute Gasteiger partial charge is 0.340 e. The Hall–Kier alpha value is -2.67. The van der Waals surface area contributed by atoms with Crippen molar-refractivity contribution in [1.82, 2.24) is 0 Å². The molecule has 0 aromatic rings. The van der Waals surface area contributed by atoms with Crippen LogP contribution in [0.4, 0.5) is 0 Å². The number of aliphatic hydroxyl groups excluding tert-OH is 1. The molecule has 3 aliphatic rings. The van der Waals surface area contributed by atoms with Crippen LogP contribution in [0.5, 0.6) is 0 Å². The summed E-state index contributed by atoms with van der Waals surface area (Å²) < 4.78 is 15.1. The minimum absolute atomic E-state index is 0.180. The minimum Gasteiger partial charge on any atom is -0.465 e. The second-order valence-electron chi connectivity index (χ2n) is 7.60. The Balaban J connectivity index is 1.88. The van der Waals surface area contributed by atoms with Gasteiger partial charge >= 0.3 is 17.9 Å². The van der Waals surface area contributed by atoms with Gasteiger partial charge in [-0.2, -0.15) is 0 Å². The Bertz CT molecular complexity index is 804. The average Bonchev–Trinajstić information content (AvgIpc) is 2.98. The molecule has 7 nitrogen and oxygen atoms in total. The van der Waals surface area contributed by atoms with Crippen LogP contribution in [0.25, 0.3) is 0 Å². The monoisotopic (exact) mass is 388 g/mol. The Morgan fingerprint density at radius 3 is 2.75 bits per heavy atom. The number of cyclic esters (lactones) is 2. The van der Waals surface area contributed by atoms with Crippen LogP contribution in [-0.2, 0) is 28.6 Å². The first-order valence-corrected chi connectivity index (χ1v) is 9.19. The molecule has 0 aromatic heterocycles. The lowest BCUT2D eigenvalue weighted by Crippen LogP contribution is -2.46. The fraction of sp³-hybridized carbons (Fsp3) is 0.476. The van der Waals surface area contributed by atoms with Crippen molar-refractivity contribution in [2.24, 2.45) is 11.3 Å². The molecule has 2 heterocycles. The lowest BCUT2D eigenvalue weighted by molar-refractivity contribution is -0.170. The molecule has 28 heavy (non-hydrogen) atoms. The second kappa shape index (κ2) is 7.75. The molecule has 1 N–H and O–H groups in total. The van der Waals surface area contributed by atoms with Gasteiger partial charge in [0, 0.05) is 0 Å². The van der Waals surface area contributed by atoms with E-state index in [4.69, 9.17) is 14.2 Å². The van der Waals surface area contributed by atoms with E-state index in [0.29, 0.717) is 36.8 Å². The van der Waals surface area contributed by atoms with E-state index in [-0.39, 0.29) is 5.57 Å². The van der Waals surface area contributed by atoms with Gasteiger partial charge in [-0.05, 0) is 48.8 Å². The third kappa shape index (κ3) is 3.80. The van der Waals surface area contributed by atoms with E-state index in [2.05, 4.69) is 6.58 Å². The van der Waals surface area contributed by atoms with Crippen molar-refractivity contribution < 1.29 is 33.7 Å². The molecule has 1 aliphatic carbocycles. The van der Waals surface area contributed by atoms with Crippen LogP contribution in [0.15, 0.2) is 47.6 Å². The second-order valence-corrected chi connectivity index (χ2v) is 7.60. The van der Waals surface area contributed by atoms with Gasteiger partial charge in [-0.15, -0.1) is 0 Å². The van der Waals surface area contributed by atoms with E-state index < -0.39 is 41.6 Å². The van der Waals surface area contributed by atoms with E-state index in [1.54, 1.807) is 12.2 Å². The largest absolute Gasteiger partial charge is 0.465 e. The molecule has 0 amide bonds. The van der Waals surface area contributed by atoms with E-state index in [1.165, 1.54) is 13.2 Å². The molecular weight excluding hydrogens is 364 g/mol. The molecule has 150 valence electrons. The van der Waals surface area contributed by atoms with Crippen LogP contribution in [0.1, 0.15) is 32.6 Å². The van der Waals surface area contributed by atoms with Crippen LogP contribution in [-0.4, -0.2) is 42.5 Å². The van der Waals surface area contributed by atoms with Crippen molar-refractivity contribution in [3.05, 3.63) is 47.6 Å². The average molecular weight is 388 g/mol. The van der Waals surface area contributed by atoms with Gasteiger partial charge < -0.3 is 19.3 Å². The number of hydrogen-bond acceptors (Lipinski definition) is 7. The molecule has 1 saturated heterocycles. The normalized spacial score (nSPS) is 34.4. The van der Waals surface area contributed by atoms with Gasteiger partial charge in [-0.1, -0.05) is 25.7 Å². The molecule has 0 radical (unpaired) electrons. The van der Waals surface area contributed by atoms with E-state index in [1.807, 2.05) is 13.0 Å². The number of aliphatic hydroxyl groups is 1. The Kier molecular flexibility index (Phi) is 5.56. The van der Waals surface area contributed by atoms with Crippen LogP contribution >= 0.6 is 0 Å². The number of carbonyl (C=O) groups excluding carboxylic acids is 3. The summed E-state index contributed by atoms with van der Waals surface area (Å²) in [5, 5.41) is 9.51. The number of fused-ring (bicyclic) bond motifs is 1. The highest BCUT2D eigenvalue weighted by Crippen LogP contribution is 2.47. The summed E-state index contributed by atoms with van der Waals surface area (Å²) in [4.78, 5) is 36.7. The van der Waals surface area contributed by atoms with Crippen molar-refractivity contribution in [2.75, 3.05) is 7.11 Å². The topological polar surface area (TPSA) is 99.1 Å². The fourth-order valence-electron chi connectivity index (χ4n) is 4.05. The van der Waals surface area contributed by atoms with Gasteiger partial charge in [0.2, 0.25) is 6.29 Å². The van der Waals surface area contributed by atoms with Gasteiger partial charge in [-0.3, -0.25) is 4.79 Å². The fourth-order valence-corrected chi connectivity index (χ4v) is 4.05. The first-order chi connectivity index (χ1) is 13.2. The van der Waals surface area contributed by atoms with Gasteiger partial charge in [0.05, 0.1) is 24.2 Å². The maximum atomic E-state index is 12.8. The first kappa shape index (κ1) is 20.1. The molecule has 0 saturated carbocycles. The number of rotatable bonds is 2. The third-order valence-corrected chi connectivity index (χ3v) is 5.67. The number of carbonyl (C=O) groups is 3. The number of methoxy groups -OCH3 is 1. The molecular formula is C21H24O7. The molecule has 7 heteroatoms. The number of ether oxygens (including phenoxy) is 3. The van der Waals surface area contributed by atoms with Gasteiger partial charge in [0.25, 0.3) is 0 Å². The van der Waals surface area contributed by atoms with E-state index in [9.17, 15) is 19.5 Å². The highest BCUT2D eigenvalue weighted by molar-refractivity contribution is 5.94. The highest BCUT2D eigenvalue weighted by atomic mass is 16.6. The first-order valence-electron chi connectivity index (χ1n) is 9.19. The third-order valence-electron chi connectivity index (χ3n) is 5.67. The summed E-state index contributed by atoms with van der Waals surface area (Å²) in [5.41, 5.74) is 0.708. The van der Waals surface area contributed by atoms with Gasteiger partial charge in [0.1, 0.15) is 6.10 Å². The van der Waals surface area contributed by atoms with Crippen molar-refractivity contribution >= 4 is 17.9 Å². The summed E-state index contributed by atoms with van der Waals surface area (Å²) in [7, 11) is 1.31. The van der Waals surface area contributed by atoms with Crippen molar-refractivity contribution in [2.45, 2.75) is 45.0 Å². The van der Waals surface area contributed by atoms with E-state index >= 15 is 0 Å². The molecule has 0 spiro atoms. The molecule has 0 unspecified atom stereocenters. The lowest BCUT2D eigenvalue weighted by Gasteiger charge is -2.43. The van der Waals surface area contributed by atoms with Crippen LogP contribution in [0, 0.1) is 11.3 Å². The zero-order valence-electron chi connectivity index (χ0n) is 16.0. The molecule has 3 rings (SSSR count). The number of esters is 3. The van der Waals surface area contributed by atoms with Crippen molar-refractivity contribution in [3.8, 4) is 0 Å². The van der Waals surface area contributed by atoms with Crippen LogP contribution < -0.4 is 0 Å². The predicted molar refractivity (Wildman–Crippen MR) is 98.5 cm³/mol. The van der Waals surface area contributed by atoms with Gasteiger partial charge in [0.15, 0.2) is 0 Å². The standard InChI is InChI=1S/C21H24O7/c1-12-7-8-15-20(25)27-16(14-10-17(22)28-19(14)24)11-21(15,2)9-5-4-6-13(12)18(23)26-3/h4-6,10,15-17,22H,1,7-9,11H2,2-3H3/b5-4-,13-6?/t15-,16-,17+,21-/m0/s1. The summed E-state index contributed by atoms with van der Waals surface area (Å²) in [6.07, 6.45) is 6.45. The van der Waals surface area contributed by atoms with Crippen LogP contribution in [0.3, 0.4) is 0 Å². The Morgan fingerprint density at radius 1 is 1.36 bits per heavy atom. The maximum Gasteiger partial charge on any atom is 0.340 e. The SMILES string of the molecule is C=C1CC[C@H]2C(=O)O[C@H](C3=C[C@H](O)OC3=O)C[C@]2(C)C/C=C\C=C1C(=O)OC. The molecule has 1 fully saturated rings. The predicted octanol–water partition coefficient (Wildman–Crippen LogP) is 2.12. The summed E-state index contributed by atoms with van der Waals surface area (Å²) in [5.74, 6) is -1.94. The van der Waals surface area contributed by atoms with Gasteiger partial charge in [-0.25, -0.2) is 9.59 Å². The summed E-state index contributed by atoms with van der Waals surface area (Å²) in [6, 6.07) is 0. The Morgan fingerprint density at radius 2 is 2.11 bits per heavy atom. The summed E-state index contributed by atoms with van der Waals surface area (Å²) >= 11 is 0. The van der Waals surface area contributed by atoms with E-state index in [0.717, 1.165) is 0 Å². The Labute approximate surface area is 163 Å². The highest BCUT2D eigenvalue weighted by Gasteiger charge is 2.49. The zero-order valence-corrected chi connectivity index (χ0v) is 16.0. The molecule has 0 aromatic carbocycles. The van der Waals surface area contributed by atoms with Crippen molar-refractivity contribution in [1.29, 1.82) is 0 Å².